The number of ketones is 1. The molecule has 1 aromatic rings. The van der Waals surface area contributed by atoms with Gasteiger partial charge in [0.15, 0.2) is 0 Å². The van der Waals surface area contributed by atoms with Crippen molar-refractivity contribution in [3.8, 4) is 0 Å². The first-order valence-corrected chi connectivity index (χ1v) is 4.98. The van der Waals surface area contributed by atoms with Crippen LogP contribution in [0.2, 0.25) is 0 Å². The SMILES string of the molecule is CC(=O)Cc1cccc(CCl)c1S. The number of carbonyl (C=O) groups excluding carboxylic acids is 1. The largest absolute Gasteiger partial charge is 0.300 e. The highest BCUT2D eigenvalue weighted by Gasteiger charge is 2.05. The Balaban J connectivity index is 3.01. The lowest BCUT2D eigenvalue weighted by Gasteiger charge is -2.06. The minimum atomic E-state index is 0.141. The average molecular weight is 215 g/mol. The summed E-state index contributed by atoms with van der Waals surface area (Å²) in [4.78, 5) is 11.7. The van der Waals surface area contributed by atoms with Gasteiger partial charge in [0.2, 0.25) is 0 Å². The van der Waals surface area contributed by atoms with E-state index in [4.69, 9.17) is 11.6 Å². The normalized spacial score (nSPS) is 10.1. The molecule has 0 aliphatic rings. The van der Waals surface area contributed by atoms with Crippen LogP contribution in [0.1, 0.15) is 18.1 Å². The van der Waals surface area contributed by atoms with Crippen molar-refractivity contribution < 1.29 is 4.79 Å². The molecule has 1 nitrogen and oxygen atoms in total. The van der Waals surface area contributed by atoms with Gasteiger partial charge in [-0.2, -0.15) is 0 Å². The fourth-order valence-electron chi connectivity index (χ4n) is 1.16. The highest BCUT2D eigenvalue weighted by molar-refractivity contribution is 7.80. The third-order valence-corrected chi connectivity index (χ3v) is 2.65. The van der Waals surface area contributed by atoms with Crippen molar-refractivity contribution in [1.29, 1.82) is 0 Å². The quantitative estimate of drug-likeness (QED) is 0.605. The summed E-state index contributed by atoms with van der Waals surface area (Å²) in [5, 5.41) is 0. The molecule has 1 rings (SSSR count). The van der Waals surface area contributed by atoms with Gasteiger partial charge in [0.25, 0.3) is 0 Å². The van der Waals surface area contributed by atoms with E-state index in [2.05, 4.69) is 12.6 Å². The third kappa shape index (κ3) is 2.75. The first-order valence-electron chi connectivity index (χ1n) is 4.00. The average Bonchev–Trinajstić information content (AvgIpc) is 2.08. The van der Waals surface area contributed by atoms with Gasteiger partial charge >= 0.3 is 0 Å². The maximum atomic E-state index is 10.9. The standard InChI is InChI=1S/C10H11ClOS/c1-7(12)5-8-3-2-4-9(6-11)10(8)13/h2-4,13H,5-6H2,1H3. The Bertz CT molecular complexity index is 323. The van der Waals surface area contributed by atoms with Crippen LogP contribution in [-0.4, -0.2) is 5.78 Å². The molecule has 0 aliphatic carbocycles. The highest BCUT2D eigenvalue weighted by Crippen LogP contribution is 2.21. The molecule has 70 valence electrons. The summed E-state index contributed by atoms with van der Waals surface area (Å²) in [5.74, 6) is 0.576. The number of hydrogen-bond acceptors (Lipinski definition) is 2. The first kappa shape index (κ1) is 10.6. The Morgan fingerprint density at radius 3 is 2.62 bits per heavy atom. The molecular formula is C10H11ClOS. The summed E-state index contributed by atoms with van der Waals surface area (Å²) < 4.78 is 0. The van der Waals surface area contributed by atoms with Crippen LogP contribution in [0, 0.1) is 0 Å². The lowest BCUT2D eigenvalue weighted by Crippen LogP contribution is -1.98. The molecule has 0 aromatic heterocycles. The maximum Gasteiger partial charge on any atom is 0.134 e. The number of halogens is 1. The molecule has 0 N–H and O–H groups in total. The molecule has 13 heavy (non-hydrogen) atoms. The Morgan fingerprint density at radius 1 is 1.46 bits per heavy atom. The number of benzene rings is 1. The van der Waals surface area contributed by atoms with Crippen LogP contribution >= 0.6 is 24.2 Å². The zero-order valence-electron chi connectivity index (χ0n) is 7.38. The van der Waals surface area contributed by atoms with Gasteiger partial charge in [-0.1, -0.05) is 18.2 Å². The van der Waals surface area contributed by atoms with Crippen LogP contribution < -0.4 is 0 Å². The van der Waals surface area contributed by atoms with Crippen LogP contribution in [0.25, 0.3) is 0 Å². The minimum Gasteiger partial charge on any atom is -0.300 e. The lowest BCUT2D eigenvalue weighted by molar-refractivity contribution is -0.116. The smallest absolute Gasteiger partial charge is 0.134 e. The molecule has 0 unspecified atom stereocenters. The molecule has 0 saturated carbocycles. The van der Waals surface area contributed by atoms with Crippen molar-refractivity contribution in [3.05, 3.63) is 29.3 Å². The molecule has 0 bridgehead atoms. The van der Waals surface area contributed by atoms with Crippen molar-refractivity contribution in [1.82, 2.24) is 0 Å². The van der Waals surface area contributed by atoms with Crippen LogP contribution in [0.3, 0.4) is 0 Å². The number of carbonyl (C=O) groups is 1. The molecule has 0 fully saturated rings. The monoisotopic (exact) mass is 214 g/mol. The van der Waals surface area contributed by atoms with E-state index in [1.807, 2.05) is 18.2 Å². The Morgan fingerprint density at radius 2 is 2.08 bits per heavy atom. The molecule has 0 spiro atoms. The van der Waals surface area contributed by atoms with Gasteiger partial charge in [0, 0.05) is 17.2 Å². The van der Waals surface area contributed by atoms with Crippen molar-refractivity contribution in [2.45, 2.75) is 24.1 Å². The predicted octanol–water partition coefficient (Wildman–Crippen LogP) is 2.85. The molecular weight excluding hydrogens is 204 g/mol. The van der Waals surface area contributed by atoms with Crippen LogP contribution in [0.5, 0.6) is 0 Å². The second-order valence-corrected chi connectivity index (χ2v) is 3.65. The molecule has 3 heteroatoms. The van der Waals surface area contributed by atoms with Gasteiger partial charge in [-0.3, -0.25) is 4.79 Å². The molecule has 0 radical (unpaired) electrons. The van der Waals surface area contributed by atoms with Crippen molar-refractivity contribution in [2.24, 2.45) is 0 Å². The number of hydrogen-bond donors (Lipinski definition) is 1. The zero-order chi connectivity index (χ0) is 9.84. The molecule has 0 amide bonds. The summed E-state index contributed by atoms with van der Waals surface area (Å²) in [6.45, 7) is 1.57. The first-order chi connectivity index (χ1) is 6.15. The van der Waals surface area contributed by atoms with Gasteiger partial charge in [-0.05, 0) is 18.1 Å². The summed E-state index contributed by atoms with van der Waals surface area (Å²) in [6.07, 6.45) is 0.434. The Hall–Kier alpha value is -0.470. The molecule has 0 heterocycles. The lowest BCUT2D eigenvalue weighted by atomic mass is 10.1. The zero-order valence-corrected chi connectivity index (χ0v) is 9.03. The number of Topliss-reactive ketones (excluding diaryl/α,β-unsaturated/α-hetero) is 1. The summed E-state index contributed by atoms with van der Waals surface area (Å²) in [6, 6.07) is 5.72. The fraction of sp³-hybridized carbons (Fsp3) is 0.300. The van der Waals surface area contributed by atoms with E-state index in [1.54, 1.807) is 6.92 Å². The van der Waals surface area contributed by atoms with E-state index in [9.17, 15) is 4.79 Å². The predicted molar refractivity (Wildman–Crippen MR) is 57.6 cm³/mol. The summed E-state index contributed by atoms with van der Waals surface area (Å²) in [7, 11) is 0. The van der Waals surface area contributed by atoms with Crippen molar-refractivity contribution >= 4 is 30.0 Å². The van der Waals surface area contributed by atoms with Gasteiger partial charge in [-0.25, -0.2) is 0 Å². The second-order valence-electron chi connectivity index (χ2n) is 2.94. The second kappa shape index (κ2) is 4.68. The summed E-state index contributed by atoms with van der Waals surface area (Å²) >= 11 is 10.0. The minimum absolute atomic E-state index is 0.141. The van der Waals surface area contributed by atoms with Crippen LogP contribution in [0.4, 0.5) is 0 Å². The Labute approximate surface area is 88.5 Å². The van der Waals surface area contributed by atoms with Crippen molar-refractivity contribution in [2.75, 3.05) is 0 Å². The highest BCUT2D eigenvalue weighted by atomic mass is 35.5. The van der Waals surface area contributed by atoms with Gasteiger partial charge in [-0.15, -0.1) is 24.2 Å². The van der Waals surface area contributed by atoms with Gasteiger partial charge in [0.1, 0.15) is 5.78 Å². The van der Waals surface area contributed by atoms with Crippen LogP contribution in [-0.2, 0) is 17.1 Å². The van der Waals surface area contributed by atoms with E-state index in [-0.39, 0.29) is 5.78 Å². The van der Waals surface area contributed by atoms with E-state index in [0.717, 1.165) is 16.0 Å². The van der Waals surface area contributed by atoms with E-state index >= 15 is 0 Å². The van der Waals surface area contributed by atoms with Gasteiger partial charge in [0.05, 0.1) is 0 Å². The van der Waals surface area contributed by atoms with Gasteiger partial charge < -0.3 is 0 Å². The summed E-state index contributed by atoms with van der Waals surface area (Å²) in [5.41, 5.74) is 1.93. The third-order valence-electron chi connectivity index (χ3n) is 1.79. The van der Waals surface area contributed by atoms with E-state index in [0.29, 0.717) is 12.3 Å². The topological polar surface area (TPSA) is 17.1 Å². The number of alkyl halides is 1. The van der Waals surface area contributed by atoms with E-state index in [1.165, 1.54) is 0 Å². The molecule has 1 aromatic carbocycles. The number of thiol groups is 1. The maximum absolute atomic E-state index is 10.9. The van der Waals surface area contributed by atoms with Crippen LogP contribution in [0.15, 0.2) is 23.1 Å². The Kier molecular flexibility index (Phi) is 3.82. The van der Waals surface area contributed by atoms with Crippen molar-refractivity contribution in [3.63, 3.8) is 0 Å². The fourth-order valence-corrected chi connectivity index (χ4v) is 1.79. The molecule has 0 aliphatic heterocycles. The molecule has 0 saturated heterocycles. The molecule has 0 atom stereocenters. The number of rotatable bonds is 3. The van der Waals surface area contributed by atoms with E-state index < -0.39 is 0 Å².